The maximum absolute atomic E-state index is 10.8. The molecule has 0 unspecified atom stereocenters. The van der Waals surface area contributed by atoms with Crippen LogP contribution in [0.5, 0.6) is 0 Å². The Kier molecular flexibility index (Phi) is 6.30. The second-order valence-electron chi connectivity index (χ2n) is 12.4. The van der Waals surface area contributed by atoms with Crippen molar-refractivity contribution < 1.29 is 14.9 Å². The zero-order valence-corrected chi connectivity index (χ0v) is 23.1. The van der Waals surface area contributed by atoms with Gasteiger partial charge in [-0.05, 0) is 68.2 Å². The number of H-pyrrole nitrogens is 1. The minimum Gasteiger partial charge on any atom is -0.387 e. The number of imidazole rings is 2. The first kappa shape index (κ1) is 25.8. The van der Waals surface area contributed by atoms with Gasteiger partial charge in [0.25, 0.3) is 0 Å². The highest BCUT2D eigenvalue weighted by molar-refractivity contribution is 5.81. The van der Waals surface area contributed by atoms with E-state index in [1.807, 2.05) is 0 Å². The van der Waals surface area contributed by atoms with Gasteiger partial charge in [-0.1, -0.05) is 19.4 Å². The van der Waals surface area contributed by atoms with Gasteiger partial charge in [-0.15, -0.1) is 0 Å². The van der Waals surface area contributed by atoms with Crippen molar-refractivity contribution in [3.63, 3.8) is 0 Å². The van der Waals surface area contributed by atoms with Crippen LogP contribution in [0.3, 0.4) is 0 Å². The summed E-state index contributed by atoms with van der Waals surface area (Å²) >= 11 is 0. The molecule has 3 aliphatic rings. The highest BCUT2D eigenvalue weighted by Crippen LogP contribution is 2.43. The Morgan fingerprint density at radius 3 is 2.77 bits per heavy atom. The molecule has 1 saturated heterocycles. The summed E-state index contributed by atoms with van der Waals surface area (Å²) in [4.78, 5) is 23.1. The third-order valence-electron chi connectivity index (χ3n) is 9.78. The Bertz CT molecular complexity index is 1520. The van der Waals surface area contributed by atoms with Crippen molar-refractivity contribution in [2.24, 2.45) is 5.92 Å². The average molecular weight is 547 g/mol. The zero-order valence-electron chi connectivity index (χ0n) is 23.1. The van der Waals surface area contributed by atoms with Gasteiger partial charge in [-0.2, -0.15) is 0 Å². The van der Waals surface area contributed by atoms with Crippen LogP contribution in [0.1, 0.15) is 63.1 Å². The van der Waals surface area contributed by atoms with E-state index >= 15 is 0 Å². The first-order chi connectivity index (χ1) is 19.3. The molecule has 0 spiro atoms. The number of aromatic amines is 1. The van der Waals surface area contributed by atoms with Gasteiger partial charge >= 0.3 is 0 Å². The number of nitrogen functional groups attached to an aromatic ring is 1. The summed E-state index contributed by atoms with van der Waals surface area (Å²) in [6.07, 6.45) is 7.58. The highest BCUT2D eigenvalue weighted by atomic mass is 16.6. The topological polar surface area (TPSA) is 151 Å². The molecule has 40 heavy (non-hydrogen) atoms. The Morgan fingerprint density at radius 2 is 2.00 bits per heavy atom. The fourth-order valence-electron chi connectivity index (χ4n) is 6.78. The molecule has 11 nitrogen and oxygen atoms in total. The lowest BCUT2D eigenvalue weighted by Crippen LogP contribution is -2.47. The number of aliphatic hydroxyl groups excluding tert-OH is 2. The standard InChI is InChI=1S/C29H38N8O3/c1-29(8-3-9-29)17-5-6-19-20(12-17)35-22(34-19)7-4-16-10-18(11-16)36(2)13-21-24(38)25(39)28(40-21)37-15-33-23-26(30)31-14-32-27(23)37/h5-6,12,14-16,18,21,24-25,28,38-39H,3-4,7-11,13H2,1-2H3,(H,34,35)(H2,30,31,32)/t16-,18-,21-,24-,25-,28-/m1/s1. The van der Waals surface area contributed by atoms with E-state index in [1.165, 1.54) is 37.5 Å². The van der Waals surface area contributed by atoms with Crippen LogP contribution in [0.25, 0.3) is 22.2 Å². The van der Waals surface area contributed by atoms with E-state index in [-0.39, 0.29) is 5.82 Å². The molecule has 2 saturated carbocycles. The smallest absolute Gasteiger partial charge is 0.167 e. The van der Waals surface area contributed by atoms with E-state index in [0.717, 1.165) is 42.5 Å². The number of anilines is 1. The fraction of sp³-hybridized carbons (Fsp3) is 0.586. The first-order valence-electron chi connectivity index (χ1n) is 14.4. The van der Waals surface area contributed by atoms with E-state index in [1.54, 1.807) is 4.57 Å². The molecule has 5 N–H and O–H groups in total. The highest BCUT2D eigenvalue weighted by Gasteiger charge is 2.45. The Labute approximate surface area is 232 Å². The number of aryl methyl sites for hydroxylation is 1. The summed E-state index contributed by atoms with van der Waals surface area (Å²) in [7, 11) is 2.07. The number of hydrogen-bond acceptors (Lipinski definition) is 9. The van der Waals surface area contributed by atoms with Gasteiger partial charge in [0.1, 0.15) is 36.0 Å². The number of aromatic nitrogens is 6. The number of likely N-dealkylation sites (N-methyl/N-ethyl adjacent to an activating group) is 1. The second-order valence-corrected chi connectivity index (χ2v) is 12.4. The van der Waals surface area contributed by atoms with Crippen LogP contribution in [-0.2, 0) is 16.6 Å². The van der Waals surface area contributed by atoms with E-state index in [4.69, 9.17) is 15.5 Å². The summed E-state index contributed by atoms with van der Waals surface area (Å²) in [6, 6.07) is 7.17. The molecule has 212 valence electrons. The third kappa shape index (κ3) is 4.36. The predicted molar refractivity (Wildman–Crippen MR) is 150 cm³/mol. The predicted octanol–water partition coefficient (Wildman–Crippen LogP) is 2.69. The maximum atomic E-state index is 10.8. The lowest BCUT2D eigenvalue weighted by molar-refractivity contribution is -0.0514. The summed E-state index contributed by atoms with van der Waals surface area (Å²) in [5, 5.41) is 21.5. The number of rotatable bonds is 8. The number of nitrogens with two attached hydrogens (primary N) is 1. The van der Waals surface area contributed by atoms with Gasteiger partial charge in [-0.25, -0.2) is 19.9 Å². The van der Waals surface area contributed by atoms with E-state index < -0.39 is 24.5 Å². The minimum absolute atomic E-state index is 0.264. The number of nitrogens with one attached hydrogen (secondary N) is 1. The summed E-state index contributed by atoms with van der Waals surface area (Å²) in [6.45, 7) is 2.89. The number of fused-ring (bicyclic) bond motifs is 2. The van der Waals surface area contributed by atoms with Crippen LogP contribution in [-0.4, -0.2) is 82.5 Å². The molecule has 3 fully saturated rings. The van der Waals surface area contributed by atoms with Crippen LogP contribution < -0.4 is 5.73 Å². The molecule has 4 heterocycles. The SMILES string of the molecule is CN(C[C@H]1O[C@@H](n2cnc3c(N)ncnc32)[C@H](O)[C@@H]1O)[C@H]1C[C@H](CCc2nc3cc(C4(C)CCC4)ccc3[nH]2)C1. The van der Waals surface area contributed by atoms with Crippen molar-refractivity contribution >= 4 is 28.0 Å². The quantitative estimate of drug-likeness (QED) is 0.261. The largest absolute Gasteiger partial charge is 0.387 e. The Hall–Kier alpha value is -3.12. The van der Waals surface area contributed by atoms with E-state index in [9.17, 15) is 10.2 Å². The summed E-state index contributed by atoms with van der Waals surface area (Å²) in [5.41, 5.74) is 10.8. The molecular formula is C29H38N8O3. The number of nitrogens with zero attached hydrogens (tertiary/aromatic N) is 6. The maximum Gasteiger partial charge on any atom is 0.167 e. The molecule has 0 amide bonds. The number of hydrogen-bond donors (Lipinski definition) is 4. The van der Waals surface area contributed by atoms with Gasteiger partial charge < -0.3 is 30.6 Å². The normalized spacial score (nSPS) is 29.7. The van der Waals surface area contributed by atoms with Gasteiger partial charge in [0.2, 0.25) is 0 Å². The lowest BCUT2D eigenvalue weighted by Gasteiger charge is -2.42. The molecule has 2 aliphatic carbocycles. The summed E-state index contributed by atoms with van der Waals surface area (Å²) < 4.78 is 7.75. The molecule has 4 aromatic rings. The Morgan fingerprint density at radius 1 is 1.18 bits per heavy atom. The summed E-state index contributed by atoms with van der Waals surface area (Å²) in [5.74, 6) is 1.99. The van der Waals surface area contributed by atoms with Crippen molar-refractivity contribution in [2.75, 3.05) is 19.3 Å². The van der Waals surface area contributed by atoms with Crippen molar-refractivity contribution in [2.45, 2.75) is 87.9 Å². The fourth-order valence-corrected chi connectivity index (χ4v) is 6.78. The van der Waals surface area contributed by atoms with E-state index in [0.29, 0.717) is 35.1 Å². The second kappa shape index (κ2) is 9.76. The molecule has 7 rings (SSSR count). The zero-order chi connectivity index (χ0) is 27.6. The number of benzene rings is 1. The first-order valence-corrected chi connectivity index (χ1v) is 14.4. The van der Waals surface area contributed by atoms with Crippen LogP contribution in [0.2, 0.25) is 0 Å². The Balaban J connectivity index is 0.917. The van der Waals surface area contributed by atoms with Crippen LogP contribution in [0.4, 0.5) is 5.82 Å². The van der Waals surface area contributed by atoms with E-state index in [2.05, 4.69) is 57.0 Å². The number of ether oxygens (including phenoxy) is 1. The van der Waals surface area contributed by atoms with Gasteiger partial charge in [0.05, 0.1) is 17.4 Å². The monoisotopic (exact) mass is 546 g/mol. The van der Waals surface area contributed by atoms with Gasteiger partial charge in [-0.3, -0.25) is 4.57 Å². The van der Waals surface area contributed by atoms with Crippen molar-refractivity contribution in [1.29, 1.82) is 0 Å². The molecule has 1 aromatic carbocycles. The third-order valence-corrected chi connectivity index (χ3v) is 9.78. The molecule has 0 radical (unpaired) electrons. The average Bonchev–Trinajstić information content (AvgIpc) is 3.58. The van der Waals surface area contributed by atoms with Crippen LogP contribution in [0.15, 0.2) is 30.9 Å². The molecule has 0 bridgehead atoms. The molecule has 11 heteroatoms. The molecule has 1 aliphatic heterocycles. The van der Waals surface area contributed by atoms with Crippen molar-refractivity contribution in [1.82, 2.24) is 34.4 Å². The molecule has 4 atom stereocenters. The van der Waals surface area contributed by atoms with Gasteiger partial charge in [0.15, 0.2) is 17.7 Å². The van der Waals surface area contributed by atoms with Crippen molar-refractivity contribution in [3.8, 4) is 0 Å². The molecular weight excluding hydrogens is 508 g/mol. The van der Waals surface area contributed by atoms with Crippen LogP contribution in [0, 0.1) is 5.92 Å². The van der Waals surface area contributed by atoms with Gasteiger partial charge in [0, 0.05) is 19.0 Å². The molecule has 3 aromatic heterocycles. The lowest BCUT2D eigenvalue weighted by atomic mass is 9.66. The van der Waals surface area contributed by atoms with Crippen LogP contribution >= 0.6 is 0 Å². The number of aliphatic hydroxyl groups is 2. The minimum atomic E-state index is -1.10. The van der Waals surface area contributed by atoms with Crippen molar-refractivity contribution in [3.05, 3.63) is 42.2 Å².